The second kappa shape index (κ2) is 6.96. The predicted octanol–water partition coefficient (Wildman–Crippen LogP) is 0.651. The molecule has 128 valence electrons. The highest BCUT2D eigenvalue weighted by molar-refractivity contribution is 5.76. The number of nitrogens with zero attached hydrogens (tertiary/aromatic N) is 4. The van der Waals surface area contributed by atoms with Crippen molar-refractivity contribution in [2.45, 2.75) is 31.3 Å². The van der Waals surface area contributed by atoms with E-state index in [9.17, 15) is 9.90 Å². The zero-order chi connectivity index (χ0) is 17.0. The Hall–Kier alpha value is -2.48. The predicted molar refractivity (Wildman–Crippen MR) is 85.2 cm³/mol. The third-order valence-corrected chi connectivity index (χ3v) is 4.47. The molecule has 1 aromatic heterocycles. The van der Waals surface area contributed by atoms with Crippen molar-refractivity contribution in [1.82, 2.24) is 25.5 Å². The van der Waals surface area contributed by atoms with Gasteiger partial charge in [0.25, 0.3) is 0 Å². The van der Waals surface area contributed by atoms with Crippen LogP contribution in [0.15, 0.2) is 24.3 Å². The molecule has 1 fully saturated rings. The summed E-state index contributed by atoms with van der Waals surface area (Å²) in [7, 11) is 1.63. The Morgan fingerprint density at radius 1 is 1.42 bits per heavy atom. The third kappa shape index (κ3) is 3.53. The Morgan fingerprint density at radius 2 is 2.21 bits per heavy atom. The van der Waals surface area contributed by atoms with Crippen LogP contribution in [0.25, 0.3) is 0 Å². The lowest BCUT2D eigenvalue weighted by Crippen LogP contribution is -2.45. The number of hydrogen-bond donors (Lipinski definition) is 2. The zero-order valence-electron chi connectivity index (χ0n) is 13.6. The van der Waals surface area contributed by atoms with Gasteiger partial charge in [-0.1, -0.05) is 17.3 Å². The molecule has 2 aromatic rings. The molecule has 1 saturated heterocycles. The minimum Gasteiger partial charge on any atom is -0.497 e. The quantitative estimate of drug-likeness (QED) is 0.834. The number of aromatic nitrogens is 4. The first kappa shape index (κ1) is 16.4. The van der Waals surface area contributed by atoms with Crippen molar-refractivity contribution in [2.75, 3.05) is 20.2 Å². The van der Waals surface area contributed by atoms with Crippen molar-refractivity contribution in [1.29, 1.82) is 0 Å². The highest BCUT2D eigenvalue weighted by Gasteiger charge is 2.38. The summed E-state index contributed by atoms with van der Waals surface area (Å²) in [6.07, 6.45) is 1.93. The Labute approximate surface area is 139 Å². The number of benzene rings is 1. The highest BCUT2D eigenvalue weighted by Crippen LogP contribution is 2.30. The fraction of sp³-hybridized carbons (Fsp3) is 0.500. The van der Waals surface area contributed by atoms with E-state index in [0.717, 1.165) is 11.3 Å². The molecule has 1 aliphatic rings. The van der Waals surface area contributed by atoms with Crippen LogP contribution in [0, 0.1) is 0 Å². The summed E-state index contributed by atoms with van der Waals surface area (Å²) in [4.78, 5) is 14.2. The lowest BCUT2D eigenvalue weighted by molar-refractivity contribution is -0.136. The van der Waals surface area contributed by atoms with Gasteiger partial charge in [0.1, 0.15) is 11.4 Å². The average molecular weight is 331 g/mol. The van der Waals surface area contributed by atoms with Gasteiger partial charge in [0.2, 0.25) is 11.7 Å². The van der Waals surface area contributed by atoms with E-state index in [1.807, 2.05) is 24.3 Å². The van der Waals surface area contributed by atoms with E-state index in [4.69, 9.17) is 4.74 Å². The molecule has 8 heteroatoms. The van der Waals surface area contributed by atoms with Crippen LogP contribution in [0.5, 0.6) is 5.75 Å². The Balaban J connectivity index is 1.52. The molecule has 0 aliphatic carbocycles. The number of carbonyl (C=O) groups is 1. The van der Waals surface area contributed by atoms with Crippen molar-refractivity contribution >= 4 is 5.91 Å². The number of tetrazole rings is 1. The third-order valence-electron chi connectivity index (χ3n) is 4.47. The molecule has 8 nitrogen and oxygen atoms in total. The number of aryl methyl sites for hydroxylation is 1. The standard InChI is InChI=1S/C16H21N5O3/c1-24-13-4-2-3-12(11-13)5-6-14(22)21-9-7-16(23,8-10-21)15-17-19-20-18-15/h2-4,11,23H,5-10H2,1H3,(H,17,18,19,20). The van der Waals surface area contributed by atoms with Crippen molar-refractivity contribution in [3.8, 4) is 5.75 Å². The Kier molecular flexibility index (Phi) is 4.75. The van der Waals surface area contributed by atoms with E-state index in [0.29, 0.717) is 44.6 Å². The largest absolute Gasteiger partial charge is 0.497 e. The van der Waals surface area contributed by atoms with Crippen LogP contribution in [-0.4, -0.2) is 56.7 Å². The highest BCUT2D eigenvalue weighted by atomic mass is 16.5. The van der Waals surface area contributed by atoms with Gasteiger partial charge in [0.15, 0.2) is 0 Å². The summed E-state index contributed by atoms with van der Waals surface area (Å²) in [5.41, 5.74) is -0.0284. The number of piperidine rings is 1. The second-order valence-corrected chi connectivity index (χ2v) is 6.00. The van der Waals surface area contributed by atoms with Gasteiger partial charge in [-0.3, -0.25) is 4.79 Å². The molecular weight excluding hydrogens is 310 g/mol. The van der Waals surface area contributed by atoms with Gasteiger partial charge >= 0.3 is 0 Å². The van der Waals surface area contributed by atoms with Crippen LogP contribution < -0.4 is 4.74 Å². The number of amides is 1. The Bertz CT molecular complexity index is 681. The van der Waals surface area contributed by atoms with Gasteiger partial charge in [0.05, 0.1) is 7.11 Å². The number of aliphatic hydroxyl groups is 1. The van der Waals surface area contributed by atoms with Crippen LogP contribution in [0.3, 0.4) is 0 Å². The van der Waals surface area contributed by atoms with Gasteiger partial charge in [-0.05, 0) is 24.1 Å². The van der Waals surface area contributed by atoms with Gasteiger partial charge in [-0.2, -0.15) is 5.21 Å². The first-order chi connectivity index (χ1) is 11.6. The van der Waals surface area contributed by atoms with Crippen LogP contribution >= 0.6 is 0 Å². The van der Waals surface area contributed by atoms with Crippen molar-refractivity contribution in [3.05, 3.63) is 35.7 Å². The van der Waals surface area contributed by atoms with Gasteiger partial charge in [-0.15, -0.1) is 10.2 Å². The van der Waals surface area contributed by atoms with E-state index in [2.05, 4.69) is 20.6 Å². The second-order valence-electron chi connectivity index (χ2n) is 6.00. The van der Waals surface area contributed by atoms with Gasteiger partial charge in [0, 0.05) is 32.4 Å². The van der Waals surface area contributed by atoms with E-state index < -0.39 is 5.60 Å². The number of H-pyrrole nitrogens is 1. The summed E-state index contributed by atoms with van der Waals surface area (Å²) < 4.78 is 5.19. The number of methoxy groups -OCH3 is 1. The number of aromatic amines is 1. The van der Waals surface area contributed by atoms with Crippen molar-refractivity contribution in [2.24, 2.45) is 0 Å². The van der Waals surface area contributed by atoms with Gasteiger partial charge < -0.3 is 14.7 Å². The summed E-state index contributed by atoms with van der Waals surface area (Å²) in [6, 6.07) is 7.73. The molecule has 24 heavy (non-hydrogen) atoms. The van der Waals surface area contributed by atoms with E-state index >= 15 is 0 Å². The lowest BCUT2D eigenvalue weighted by atomic mass is 9.90. The lowest BCUT2D eigenvalue weighted by Gasteiger charge is -2.36. The molecule has 2 N–H and O–H groups in total. The maximum atomic E-state index is 12.4. The van der Waals surface area contributed by atoms with E-state index in [1.165, 1.54) is 0 Å². The molecule has 0 unspecified atom stereocenters. The molecule has 3 rings (SSSR count). The number of hydrogen-bond acceptors (Lipinski definition) is 6. The van der Waals surface area contributed by atoms with E-state index in [1.54, 1.807) is 12.0 Å². The topological polar surface area (TPSA) is 104 Å². The summed E-state index contributed by atoms with van der Waals surface area (Å²) in [5.74, 6) is 1.18. The monoisotopic (exact) mass is 331 g/mol. The van der Waals surface area contributed by atoms with Crippen molar-refractivity contribution < 1.29 is 14.6 Å². The molecule has 0 atom stereocenters. The summed E-state index contributed by atoms with van der Waals surface area (Å²) in [5, 5.41) is 24.1. The fourth-order valence-electron chi connectivity index (χ4n) is 2.95. The maximum absolute atomic E-state index is 12.4. The number of rotatable bonds is 5. The molecular formula is C16H21N5O3. The van der Waals surface area contributed by atoms with Crippen molar-refractivity contribution in [3.63, 3.8) is 0 Å². The molecule has 1 aliphatic heterocycles. The molecule has 0 saturated carbocycles. The molecule has 0 spiro atoms. The molecule has 2 heterocycles. The van der Waals surface area contributed by atoms with E-state index in [-0.39, 0.29) is 5.91 Å². The first-order valence-corrected chi connectivity index (χ1v) is 7.98. The first-order valence-electron chi connectivity index (χ1n) is 7.98. The van der Waals surface area contributed by atoms with Crippen LogP contribution in [0.1, 0.15) is 30.7 Å². The molecule has 1 aromatic carbocycles. The Morgan fingerprint density at radius 3 is 2.88 bits per heavy atom. The zero-order valence-corrected chi connectivity index (χ0v) is 13.6. The summed E-state index contributed by atoms with van der Waals surface area (Å²) >= 11 is 0. The van der Waals surface area contributed by atoms with Crippen LogP contribution in [-0.2, 0) is 16.8 Å². The average Bonchev–Trinajstić information content (AvgIpc) is 3.16. The van der Waals surface area contributed by atoms with Crippen LogP contribution in [0.4, 0.5) is 0 Å². The number of nitrogens with one attached hydrogen (secondary N) is 1. The number of ether oxygens (including phenoxy) is 1. The number of carbonyl (C=O) groups excluding carboxylic acids is 1. The molecule has 0 radical (unpaired) electrons. The SMILES string of the molecule is COc1cccc(CCC(=O)N2CCC(O)(c3nn[nH]n3)CC2)c1. The smallest absolute Gasteiger partial charge is 0.222 e. The maximum Gasteiger partial charge on any atom is 0.222 e. The normalized spacial score (nSPS) is 16.8. The minimum atomic E-state index is -1.10. The van der Waals surface area contributed by atoms with Crippen LogP contribution in [0.2, 0.25) is 0 Å². The minimum absolute atomic E-state index is 0.0907. The fourth-order valence-corrected chi connectivity index (χ4v) is 2.95. The van der Waals surface area contributed by atoms with Gasteiger partial charge in [-0.25, -0.2) is 0 Å². The molecule has 0 bridgehead atoms. The molecule has 1 amide bonds. The number of likely N-dealkylation sites (tertiary alicyclic amines) is 1. The summed E-state index contributed by atoms with van der Waals surface area (Å²) in [6.45, 7) is 0.976.